The summed E-state index contributed by atoms with van der Waals surface area (Å²) in [6.45, 7) is 1.55. The fraction of sp³-hybridized carbons (Fsp3) is 0.333. The predicted octanol–water partition coefficient (Wildman–Crippen LogP) is 2.18. The summed E-state index contributed by atoms with van der Waals surface area (Å²) in [7, 11) is 0. The van der Waals surface area contributed by atoms with E-state index in [0.29, 0.717) is 5.56 Å². The van der Waals surface area contributed by atoms with E-state index in [9.17, 15) is 8.78 Å². The Morgan fingerprint density at radius 3 is 2.58 bits per heavy atom. The standard InChI is InChI=1S/C9H11F2N/c1-6(12)9(11)7-3-2-4-8(10)5-7/h2-6,9H,12H2,1H3/t6-,9-/m1/s1. The van der Waals surface area contributed by atoms with Crippen molar-refractivity contribution in [3.05, 3.63) is 35.6 Å². The van der Waals surface area contributed by atoms with Crippen molar-refractivity contribution in [3.8, 4) is 0 Å². The molecular formula is C9H11F2N. The van der Waals surface area contributed by atoms with Gasteiger partial charge < -0.3 is 5.73 Å². The zero-order chi connectivity index (χ0) is 9.14. The summed E-state index contributed by atoms with van der Waals surface area (Å²) >= 11 is 0. The normalized spacial score (nSPS) is 15.7. The van der Waals surface area contributed by atoms with E-state index in [-0.39, 0.29) is 0 Å². The number of hydrogen-bond donors (Lipinski definition) is 1. The Balaban J connectivity index is 2.88. The molecule has 0 aliphatic rings. The Labute approximate surface area is 70.2 Å². The molecule has 0 aromatic heterocycles. The van der Waals surface area contributed by atoms with Gasteiger partial charge in [0.05, 0.1) is 0 Å². The summed E-state index contributed by atoms with van der Waals surface area (Å²) in [5, 5.41) is 0. The third kappa shape index (κ3) is 2.01. The summed E-state index contributed by atoms with van der Waals surface area (Å²) in [5.41, 5.74) is 5.62. The van der Waals surface area contributed by atoms with Gasteiger partial charge in [0.1, 0.15) is 12.0 Å². The van der Waals surface area contributed by atoms with E-state index in [1.807, 2.05) is 0 Å². The maximum Gasteiger partial charge on any atom is 0.140 e. The van der Waals surface area contributed by atoms with Gasteiger partial charge in [-0.2, -0.15) is 0 Å². The zero-order valence-corrected chi connectivity index (χ0v) is 6.80. The lowest BCUT2D eigenvalue weighted by molar-refractivity contribution is 0.299. The van der Waals surface area contributed by atoms with Crippen molar-refractivity contribution in [2.24, 2.45) is 5.73 Å². The zero-order valence-electron chi connectivity index (χ0n) is 6.80. The van der Waals surface area contributed by atoms with E-state index >= 15 is 0 Å². The van der Waals surface area contributed by atoms with Crippen LogP contribution in [-0.4, -0.2) is 6.04 Å². The molecule has 12 heavy (non-hydrogen) atoms. The lowest BCUT2D eigenvalue weighted by Crippen LogP contribution is -2.21. The Morgan fingerprint density at radius 2 is 2.08 bits per heavy atom. The van der Waals surface area contributed by atoms with Crippen LogP contribution in [0, 0.1) is 5.82 Å². The second kappa shape index (κ2) is 3.63. The van der Waals surface area contributed by atoms with E-state index < -0.39 is 18.0 Å². The van der Waals surface area contributed by atoms with Gasteiger partial charge in [0.25, 0.3) is 0 Å². The highest BCUT2D eigenvalue weighted by atomic mass is 19.1. The molecule has 2 N–H and O–H groups in total. The molecule has 0 fully saturated rings. The summed E-state index contributed by atoms with van der Waals surface area (Å²) in [6, 6.07) is 4.83. The number of halogens is 2. The molecular weight excluding hydrogens is 160 g/mol. The maximum absolute atomic E-state index is 13.1. The molecule has 0 heterocycles. The number of nitrogens with two attached hydrogens (primary N) is 1. The molecule has 0 aliphatic heterocycles. The molecule has 3 heteroatoms. The first-order valence-electron chi connectivity index (χ1n) is 3.76. The van der Waals surface area contributed by atoms with Crippen LogP contribution in [0.25, 0.3) is 0 Å². The van der Waals surface area contributed by atoms with Crippen LogP contribution in [0.3, 0.4) is 0 Å². The lowest BCUT2D eigenvalue weighted by Gasteiger charge is -2.11. The van der Waals surface area contributed by atoms with Crippen molar-refractivity contribution in [1.29, 1.82) is 0 Å². The van der Waals surface area contributed by atoms with E-state index in [1.165, 1.54) is 18.2 Å². The molecule has 0 amide bonds. The number of hydrogen-bond acceptors (Lipinski definition) is 1. The predicted molar refractivity (Wildman–Crippen MR) is 43.9 cm³/mol. The summed E-state index contributed by atoms with van der Waals surface area (Å²) < 4.78 is 25.7. The fourth-order valence-electron chi connectivity index (χ4n) is 0.982. The Morgan fingerprint density at radius 1 is 1.42 bits per heavy atom. The number of rotatable bonds is 2. The first-order valence-corrected chi connectivity index (χ1v) is 3.76. The van der Waals surface area contributed by atoms with Crippen LogP contribution >= 0.6 is 0 Å². The van der Waals surface area contributed by atoms with Crippen LogP contribution in [0.5, 0.6) is 0 Å². The minimum atomic E-state index is -1.29. The Kier molecular flexibility index (Phi) is 2.76. The van der Waals surface area contributed by atoms with E-state index in [2.05, 4.69) is 0 Å². The van der Waals surface area contributed by atoms with Crippen LogP contribution in [0.2, 0.25) is 0 Å². The van der Waals surface area contributed by atoms with Crippen LogP contribution in [0.15, 0.2) is 24.3 Å². The second-order valence-electron chi connectivity index (χ2n) is 2.82. The largest absolute Gasteiger partial charge is 0.325 e. The van der Waals surface area contributed by atoms with Gasteiger partial charge in [0.2, 0.25) is 0 Å². The van der Waals surface area contributed by atoms with Gasteiger partial charge in [-0.3, -0.25) is 0 Å². The molecule has 0 saturated carbocycles. The fourth-order valence-corrected chi connectivity index (χ4v) is 0.982. The van der Waals surface area contributed by atoms with Crippen LogP contribution < -0.4 is 5.73 Å². The van der Waals surface area contributed by atoms with Crippen molar-refractivity contribution in [1.82, 2.24) is 0 Å². The van der Waals surface area contributed by atoms with Crippen molar-refractivity contribution < 1.29 is 8.78 Å². The highest BCUT2D eigenvalue weighted by Gasteiger charge is 2.14. The molecule has 0 unspecified atom stereocenters. The monoisotopic (exact) mass is 171 g/mol. The molecule has 2 atom stereocenters. The third-order valence-corrected chi connectivity index (χ3v) is 1.63. The van der Waals surface area contributed by atoms with Gasteiger partial charge in [-0.05, 0) is 24.6 Å². The van der Waals surface area contributed by atoms with E-state index in [1.54, 1.807) is 6.92 Å². The van der Waals surface area contributed by atoms with Gasteiger partial charge >= 0.3 is 0 Å². The van der Waals surface area contributed by atoms with Crippen LogP contribution in [0.4, 0.5) is 8.78 Å². The summed E-state index contributed by atoms with van der Waals surface area (Å²) in [6.07, 6.45) is -1.29. The smallest absolute Gasteiger partial charge is 0.140 e. The summed E-state index contributed by atoms with van der Waals surface area (Å²) in [4.78, 5) is 0. The highest BCUT2D eigenvalue weighted by molar-refractivity contribution is 5.19. The van der Waals surface area contributed by atoms with Gasteiger partial charge in [0.15, 0.2) is 0 Å². The molecule has 1 aromatic carbocycles. The van der Waals surface area contributed by atoms with Crippen molar-refractivity contribution in [2.45, 2.75) is 19.1 Å². The van der Waals surface area contributed by atoms with Crippen molar-refractivity contribution in [3.63, 3.8) is 0 Å². The summed E-state index contributed by atoms with van der Waals surface area (Å²) in [5.74, 6) is -0.434. The molecule has 0 saturated heterocycles. The number of alkyl halides is 1. The maximum atomic E-state index is 13.1. The molecule has 1 nitrogen and oxygen atoms in total. The quantitative estimate of drug-likeness (QED) is 0.725. The molecule has 1 aromatic rings. The first-order chi connectivity index (χ1) is 5.61. The van der Waals surface area contributed by atoms with Gasteiger partial charge in [-0.15, -0.1) is 0 Å². The van der Waals surface area contributed by atoms with E-state index in [4.69, 9.17) is 5.73 Å². The second-order valence-corrected chi connectivity index (χ2v) is 2.82. The lowest BCUT2D eigenvalue weighted by atomic mass is 10.1. The highest BCUT2D eigenvalue weighted by Crippen LogP contribution is 2.20. The molecule has 0 radical (unpaired) electrons. The first kappa shape index (κ1) is 9.13. The third-order valence-electron chi connectivity index (χ3n) is 1.63. The minimum Gasteiger partial charge on any atom is -0.325 e. The molecule has 66 valence electrons. The van der Waals surface area contributed by atoms with Gasteiger partial charge in [-0.25, -0.2) is 8.78 Å². The Hall–Kier alpha value is -0.960. The van der Waals surface area contributed by atoms with Crippen molar-refractivity contribution >= 4 is 0 Å². The number of benzene rings is 1. The minimum absolute atomic E-state index is 0.296. The molecule has 0 spiro atoms. The molecule has 0 aliphatic carbocycles. The SMILES string of the molecule is C[C@@H](N)[C@@H](F)c1cccc(F)c1. The van der Waals surface area contributed by atoms with Crippen LogP contribution in [-0.2, 0) is 0 Å². The molecule has 0 bridgehead atoms. The van der Waals surface area contributed by atoms with E-state index in [0.717, 1.165) is 6.07 Å². The topological polar surface area (TPSA) is 26.0 Å². The van der Waals surface area contributed by atoms with Crippen LogP contribution in [0.1, 0.15) is 18.7 Å². The average Bonchev–Trinajstić information content (AvgIpc) is 2.03. The van der Waals surface area contributed by atoms with Gasteiger partial charge in [-0.1, -0.05) is 12.1 Å². The van der Waals surface area contributed by atoms with Crippen molar-refractivity contribution in [2.75, 3.05) is 0 Å². The molecule has 1 rings (SSSR count). The average molecular weight is 171 g/mol. The Bertz CT molecular complexity index is 260. The van der Waals surface area contributed by atoms with Gasteiger partial charge in [0, 0.05) is 6.04 Å².